The zero-order valence-electron chi connectivity index (χ0n) is 13.1. The van der Waals surface area contributed by atoms with Crippen LogP contribution >= 0.6 is 0 Å². The van der Waals surface area contributed by atoms with E-state index in [2.05, 4.69) is 6.07 Å². The number of rotatable bonds is 1. The van der Waals surface area contributed by atoms with E-state index in [1.807, 2.05) is 33.8 Å². The van der Waals surface area contributed by atoms with Gasteiger partial charge in [-0.15, -0.1) is 0 Å². The van der Waals surface area contributed by atoms with Gasteiger partial charge >= 0.3 is 7.12 Å². The molecule has 2 aliphatic rings. The van der Waals surface area contributed by atoms with Gasteiger partial charge in [0.2, 0.25) is 0 Å². The Labute approximate surface area is 116 Å². The molecule has 0 unspecified atom stereocenters. The minimum absolute atomic E-state index is 0.348. The lowest BCUT2D eigenvalue weighted by Gasteiger charge is -2.32. The zero-order valence-corrected chi connectivity index (χ0v) is 12.1. The van der Waals surface area contributed by atoms with Gasteiger partial charge in [-0.3, -0.25) is 0 Å². The van der Waals surface area contributed by atoms with Crippen molar-refractivity contribution in [2.45, 2.75) is 51.9 Å². The largest absolute Gasteiger partial charge is 0.494 e. The summed E-state index contributed by atoms with van der Waals surface area (Å²) in [6.45, 7) is 9.43. The van der Waals surface area contributed by atoms with E-state index in [0.717, 1.165) is 24.1 Å². The minimum atomic E-state index is -0.391. The quantitative estimate of drug-likeness (QED) is 0.724. The molecule has 0 spiro atoms. The van der Waals surface area contributed by atoms with Crippen LogP contribution < -0.4 is 5.46 Å². The molecule has 2 heterocycles. The molecule has 1 aromatic carbocycles. The standard InChI is InChI=1S/C15H21BO3/c1-14(2)15(3,4)19-16(18-14)13-6-5-12-10-17-8-7-11(12)9-13/h5-6,9H,7-8,10H2,1-4H3/i5D. The summed E-state index contributed by atoms with van der Waals surface area (Å²) in [7, 11) is -0.391. The first kappa shape index (κ1) is 11.9. The van der Waals surface area contributed by atoms with Crippen molar-refractivity contribution in [1.82, 2.24) is 0 Å². The van der Waals surface area contributed by atoms with Crippen LogP contribution in [0.15, 0.2) is 18.2 Å². The normalized spacial score (nSPS) is 25.1. The molecule has 0 bridgehead atoms. The Kier molecular flexibility index (Phi) is 2.73. The fraction of sp³-hybridized carbons (Fsp3) is 0.600. The number of hydrogen-bond acceptors (Lipinski definition) is 3. The Morgan fingerprint density at radius 2 is 1.84 bits per heavy atom. The Morgan fingerprint density at radius 1 is 1.16 bits per heavy atom. The van der Waals surface area contributed by atoms with Crippen molar-refractivity contribution < 1.29 is 15.4 Å². The van der Waals surface area contributed by atoms with Crippen molar-refractivity contribution in [3.8, 4) is 0 Å². The lowest BCUT2D eigenvalue weighted by Crippen LogP contribution is -2.41. The molecule has 1 fully saturated rings. The SMILES string of the molecule is [2H]c1cc(B2OC(C)(C)C(C)(C)O2)cc2c1COCC2. The topological polar surface area (TPSA) is 27.7 Å². The first-order chi connectivity index (χ1) is 9.30. The summed E-state index contributed by atoms with van der Waals surface area (Å²) in [6.07, 6.45) is 0.856. The third kappa shape index (κ3) is 2.22. The van der Waals surface area contributed by atoms with Gasteiger partial charge in [-0.1, -0.05) is 18.2 Å². The average Bonchev–Trinajstić information content (AvgIpc) is 2.58. The maximum atomic E-state index is 8.16. The summed E-state index contributed by atoms with van der Waals surface area (Å²) in [5, 5.41) is 0. The lowest BCUT2D eigenvalue weighted by atomic mass is 9.77. The van der Waals surface area contributed by atoms with Crippen LogP contribution in [0.1, 0.15) is 40.2 Å². The second-order valence-electron chi connectivity index (χ2n) is 6.33. The molecule has 2 aliphatic heterocycles. The summed E-state index contributed by atoms with van der Waals surface area (Å²) in [4.78, 5) is 0. The van der Waals surface area contributed by atoms with E-state index in [9.17, 15) is 0 Å². The lowest BCUT2D eigenvalue weighted by molar-refractivity contribution is 0.00578. The zero-order chi connectivity index (χ0) is 14.5. The summed E-state index contributed by atoms with van der Waals surface area (Å²) in [6, 6.07) is 4.47. The highest BCUT2D eigenvalue weighted by molar-refractivity contribution is 6.62. The van der Waals surface area contributed by atoms with Crippen LogP contribution in [0.4, 0.5) is 0 Å². The van der Waals surface area contributed by atoms with Crippen LogP contribution in [-0.2, 0) is 27.1 Å². The average molecular weight is 261 g/mol. The summed E-state index contributed by atoms with van der Waals surface area (Å²) in [5.41, 5.74) is 2.43. The molecular weight excluding hydrogens is 239 g/mol. The molecule has 0 saturated carbocycles. The maximum Gasteiger partial charge on any atom is 0.494 e. The van der Waals surface area contributed by atoms with Gasteiger partial charge in [0.15, 0.2) is 0 Å². The van der Waals surface area contributed by atoms with Gasteiger partial charge in [-0.05, 0) is 50.7 Å². The fourth-order valence-electron chi connectivity index (χ4n) is 2.42. The first-order valence-corrected chi connectivity index (χ1v) is 6.86. The predicted octanol–water partition coefficient (Wildman–Crippen LogP) is 2.06. The van der Waals surface area contributed by atoms with Crippen molar-refractivity contribution >= 4 is 12.6 Å². The monoisotopic (exact) mass is 261 g/mol. The molecule has 3 rings (SSSR count). The Morgan fingerprint density at radius 3 is 2.53 bits per heavy atom. The van der Waals surface area contributed by atoms with Crippen LogP contribution in [0.2, 0.25) is 0 Å². The highest BCUT2D eigenvalue weighted by atomic mass is 16.7. The molecule has 0 aromatic heterocycles. The van der Waals surface area contributed by atoms with E-state index in [-0.39, 0.29) is 11.2 Å². The molecule has 3 nitrogen and oxygen atoms in total. The molecule has 0 aliphatic carbocycles. The van der Waals surface area contributed by atoms with Crippen LogP contribution in [0.25, 0.3) is 0 Å². The highest BCUT2D eigenvalue weighted by Gasteiger charge is 2.51. The molecule has 0 atom stereocenters. The number of ether oxygens (including phenoxy) is 1. The van der Waals surface area contributed by atoms with Gasteiger partial charge in [0, 0.05) is 0 Å². The van der Waals surface area contributed by atoms with E-state index >= 15 is 0 Å². The van der Waals surface area contributed by atoms with Gasteiger partial charge < -0.3 is 14.0 Å². The van der Waals surface area contributed by atoms with Crippen molar-refractivity contribution in [3.63, 3.8) is 0 Å². The van der Waals surface area contributed by atoms with Crippen molar-refractivity contribution in [1.29, 1.82) is 0 Å². The molecule has 0 radical (unpaired) electrons. The van der Waals surface area contributed by atoms with Crippen LogP contribution in [0, 0.1) is 0 Å². The van der Waals surface area contributed by atoms with Gasteiger partial charge in [0.05, 0.1) is 25.8 Å². The number of fused-ring (bicyclic) bond motifs is 1. The molecule has 0 amide bonds. The van der Waals surface area contributed by atoms with Crippen molar-refractivity contribution in [2.75, 3.05) is 6.61 Å². The van der Waals surface area contributed by atoms with Crippen LogP contribution in [-0.4, -0.2) is 24.9 Å². The van der Waals surface area contributed by atoms with E-state index < -0.39 is 7.12 Å². The molecular formula is C15H21BO3. The van der Waals surface area contributed by atoms with E-state index in [1.165, 1.54) is 5.56 Å². The predicted molar refractivity (Wildman–Crippen MR) is 75.5 cm³/mol. The summed E-state index contributed by atoms with van der Waals surface area (Å²) in [5.74, 6) is 0. The molecule has 102 valence electrons. The Bertz CT molecular complexity index is 526. The Hall–Kier alpha value is -0.835. The van der Waals surface area contributed by atoms with E-state index in [4.69, 9.17) is 15.4 Å². The fourth-order valence-corrected chi connectivity index (χ4v) is 2.42. The third-order valence-corrected chi connectivity index (χ3v) is 4.43. The highest BCUT2D eigenvalue weighted by Crippen LogP contribution is 2.36. The summed E-state index contributed by atoms with van der Waals surface area (Å²) < 4.78 is 25.7. The van der Waals surface area contributed by atoms with Crippen molar-refractivity contribution in [2.24, 2.45) is 0 Å². The second kappa shape index (κ2) is 4.34. The molecule has 1 aromatic rings. The molecule has 0 N–H and O–H groups in total. The third-order valence-electron chi connectivity index (χ3n) is 4.43. The number of hydrogen-bond donors (Lipinski definition) is 0. The van der Waals surface area contributed by atoms with Crippen LogP contribution in [0.5, 0.6) is 0 Å². The Balaban J connectivity index is 1.94. The van der Waals surface area contributed by atoms with Gasteiger partial charge in [0.25, 0.3) is 0 Å². The minimum Gasteiger partial charge on any atom is -0.399 e. The van der Waals surface area contributed by atoms with E-state index in [0.29, 0.717) is 12.6 Å². The second-order valence-corrected chi connectivity index (χ2v) is 6.33. The van der Waals surface area contributed by atoms with Gasteiger partial charge in [0.1, 0.15) is 0 Å². The first-order valence-electron chi connectivity index (χ1n) is 7.36. The van der Waals surface area contributed by atoms with Gasteiger partial charge in [-0.25, -0.2) is 0 Å². The van der Waals surface area contributed by atoms with Gasteiger partial charge in [-0.2, -0.15) is 0 Å². The molecule has 1 saturated heterocycles. The smallest absolute Gasteiger partial charge is 0.399 e. The summed E-state index contributed by atoms with van der Waals surface area (Å²) >= 11 is 0. The van der Waals surface area contributed by atoms with Crippen LogP contribution in [0.3, 0.4) is 0 Å². The van der Waals surface area contributed by atoms with Crippen molar-refractivity contribution in [3.05, 3.63) is 29.3 Å². The number of benzene rings is 1. The maximum absolute atomic E-state index is 8.16. The molecule has 4 heteroatoms. The van der Waals surface area contributed by atoms with E-state index in [1.54, 1.807) is 0 Å². The molecule has 19 heavy (non-hydrogen) atoms.